The summed E-state index contributed by atoms with van der Waals surface area (Å²) in [4.78, 5) is 14.9. The van der Waals surface area contributed by atoms with Crippen LogP contribution in [0.25, 0.3) is 21.3 Å². The van der Waals surface area contributed by atoms with E-state index in [9.17, 15) is 0 Å². The normalized spacial score (nSPS) is 14.8. The van der Waals surface area contributed by atoms with Crippen LogP contribution in [0.3, 0.4) is 0 Å². The minimum Gasteiger partial charge on any atom is -0.369 e. The molecule has 0 unspecified atom stereocenters. The highest BCUT2D eigenvalue weighted by Crippen LogP contribution is 2.37. The second-order valence-corrected chi connectivity index (χ2v) is 8.92. The van der Waals surface area contributed by atoms with Crippen LogP contribution in [-0.2, 0) is 6.42 Å². The fourth-order valence-electron chi connectivity index (χ4n) is 4.06. The largest absolute Gasteiger partial charge is 0.369 e. The van der Waals surface area contributed by atoms with Crippen molar-refractivity contribution in [2.45, 2.75) is 13.3 Å². The third-order valence-electron chi connectivity index (χ3n) is 6.04. The standard InChI is InChI=1S/C25H27N5S/c1-3-18-4-6-19(7-5-18)22-16-31-25-23(22)24(26-17-27-25)28-20-8-10-21(11-9-20)30-14-12-29(2)13-15-30/h4-11,16-17H,3,12-15H2,1-2H3,(H,26,27,28). The molecule has 2 aromatic heterocycles. The second-order valence-electron chi connectivity index (χ2n) is 8.06. The van der Waals surface area contributed by atoms with Gasteiger partial charge in [0.1, 0.15) is 17.0 Å². The van der Waals surface area contributed by atoms with E-state index in [-0.39, 0.29) is 0 Å². The topological polar surface area (TPSA) is 44.3 Å². The summed E-state index contributed by atoms with van der Waals surface area (Å²) >= 11 is 1.66. The molecule has 5 nitrogen and oxygen atoms in total. The fraction of sp³-hybridized carbons (Fsp3) is 0.280. The Balaban J connectivity index is 1.42. The molecule has 0 saturated carbocycles. The Morgan fingerprint density at radius 2 is 1.68 bits per heavy atom. The van der Waals surface area contributed by atoms with Crippen molar-refractivity contribution in [3.63, 3.8) is 0 Å². The molecule has 1 aliphatic rings. The van der Waals surface area contributed by atoms with E-state index >= 15 is 0 Å². The van der Waals surface area contributed by atoms with Gasteiger partial charge in [-0.2, -0.15) is 0 Å². The van der Waals surface area contributed by atoms with Crippen LogP contribution in [0.1, 0.15) is 12.5 Å². The first-order chi connectivity index (χ1) is 15.2. The predicted molar refractivity (Wildman–Crippen MR) is 132 cm³/mol. The zero-order chi connectivity index (χ0) is 21.2. The van der Waals surface area contributed by atoms with Crippen LogP contribution in [0.4, 0.5) is 17.2 Å². The minimum atomic E-state index is 0.855. The predicted octanol–water partition coefficient (Wildman–Crippen LogP) is 5.42. The number of anilines is 3. The van der Waals surface area contributed by atoms with E-state index in [4.69, 9.17) is 0 Å². The molecule has 158 valence electrons. The second kappa shape index (κ2) is 8.65. The molecule has 0 spiro atoms. The Hall–Kier alpha value is -2.96. The Kier molecular flexibility index (Phi) is 5.57. The van der Waals surface area contributed by atoms with Gasteiger partial charge in [-0.15, -0.1) is 11.3 Å². The number of piperazine rings is 1. The van der Waals surface area contributed by atoms with E-state index in [0.717, 1.165) is 54.3 Å². The number of aryl methyl sites for hydroxylation is 1. The van der Waals surface area contributed by atoms with Crippen LogP contribution < -0.4 is 10.2 Å². The highest BCUT2D eigenvalue weighted by Gasteiger charge is 2.15. The molecule has 0 atom stereocenters. The van der Waals surface area contributed by atoms with Gasteiger partial charge in [-0.3, -0.25) is 0 Å². The van der Waals surface area contributed by atoms with E-state index in [1.165, 1.54) is 22.4 Å². The summed E-state index contributed by atoms with van der Waals surface area (Å²) in [5.41, 5.74) is 6.04. The van der Waals surface area contributed by atoms with Gasteiger partial charge in [-0.1, -0.05) is 31.2 Å². The van der Waals surface area contributed by atoms with Crippen molar-refractivity contribution < 1.29 is 0 Å². The molecule has 0 bridgehead atoms. The molecule has 2 aromatic carbocycles. The van der Waals surface area contributed by atoms with Crippen LogP contribution in [0.15, 0.2) is 60.2 Å². The van der Waals surface area contributed by atoms with E-state index in [2.05, 4.69) is 93.0 Å². The number of fused-ring (bicyclic) bond motifs is 1. The first-order valence-corrected chi connectivity index (χ1v) is 11.7. The van der Waals surface area contributed by atoms with Crippen molar-refractivity contribution in [1.29, 1.82) is 0 Å². The van der Waals surface area contributed by atoms with Crippen LogP contribution in [-0.4, -0.2) is 48.1 Å². The van der Waals surface area contributed by atoms with Gasteiger partial charge in [-0.05, 0) is 48.9 Å². The first-order valence-electron chi connectivity index (χ1n) is 10.8. The van der Waals surface area contributed by atoms with Crippen LogP contribution in [0, 0.1) is 0 Å². The van der Waals surface area contributed by atoms with Crippen molar-refractivity contribution in [3.8, 4) is 11.1 Å². The summed E-state index contributed by atoms with van der Waals surface area (Å²) in [5.74, 6) is 0.855. The van der Waals surface area contributed by atoms with Gasteiger partial charge in [-0.25, -0.2) is 9.97 Å². The average Bonchev–Trinajstić information content (AvgIpc) is 3.26. The van der Waals surface area contributed by atoms with Gasteiger partial charge in [0.15, 0.2) is 0 Å². The number of hydrogen-bond acceptors (Lipinski definition) is 6. The average molecular weight is 430 g/mol. The number of nitrogens with one attached hydrogen (secondary N) is 1. The number of hydrogen-bond donors (Lipinski definition) is 1. The Morgan fingerprint density at radius 3 is 2.39 bits per heavy atom. The smallest absolute Gasteiger partial charge is 0.143 e. The summed E-state index contributed by atoms with van der Waals surface area (Å²) in [6, 6.07) is 17.5. The molecule has 1 N–H and O–H groups in total. The zero-order valence-corrected chi connectivity index (χ0v) is 18.8. The molecule has 4 aromatic rings. The molecule has 1 saturated heterocycles. The molecule has 1 fully saturated rings. The third-order valence-corrected chi connectivity index (χ3v) is 6.93. The van der Waals surface area contributed by atoms with E-state index in [1.807, 2.05) is 0 Å². The Morgan fingerprint density at radius 1 is 0.935 bits per heavy atom. The quantitative estimate of drug-likeness (QED) is 0.459. The lowest BCUT2D eigenvalue weighted by molar-refractivity contribution is 0.313. The highest BCUT2D eigenvalue weighted by atomic mass is 32.1. The number of thiophene rings is 1. The lowest BCUT2D eigenvalue weighted by atomic mass is 10.0. The summed E-state index contributed by atoms with van der Waals surface area (Å²) in [6.07, 6.45) is 2.69. The van der Waals surface area contributed by atoms with Gasteiger partial charge < -0.3 is 15.1 Å². The van der Waals surface area contributed by atoms with Gasteiger partial charge in [0.25, 0.3) is 0 Å². The molecule has 0 aliphatic carbocycles. The monoisotopic (exact) mass is 429 g/mol. The van der Waals surface area contributed by atoms with Gasteiger partial charge >= 0.3 is 0 Å². The van der Waals surface area contributed by atoms with E-state index < -0.39 is 0 Å². The molecule has 3 heterocycles. The van der Waals surface area contributed by atoms with Gasteiger partial charge in [0.05, 0.1) is 5.39 Å². The number of likely N-dealkylation sites (N-methyl/N-ethyl adjacent to an activating group) is 1. The molecule has 1 aliphatic heterocycles. The lowest BCUT2D eigenvalue weighted by Crippen LogP contribution is -2.44. The molecule has 31 heavy (non-hydrogen) atoms. The maximum absolute atomic E-state index is 4.58. The molecular formula is C25H27N5S. The summed E-state index contributed by atoms with van der Waals surface area (Å²) in [7, 11) is 2.18. The minimum absolute atomic E-state index is 0.855. The lowest BCUT2D eigenvalue weighted by Gasteiger charge is -2.34. The maximum atomic E-state index is 4.58. The first kappa shape index (κ1) is 20.0. The molecule has 0 radical (unpaired) electrons. The number of aromatic nitrogens is 2. The molecule has 0 amide bonds. The van der Waals surface area contributed by atoms with Crippen molar-refractivity contribution in [2.24, 2.45) is 0 Å². The summed E-state index contributed by atoms with van der Waals surface area (Å²) in [6.45, 7) is 6.55. The van der Waals surface area contributed by atoms with Crippen molar-refractivity contribution in [1.82, 2.24) is 14.9 Å². The van der Waals surface area contributed by atoms with Crippen LogP contribution in [0.2, 0.25) is 0 Å². The van der Waals surface area contributed by atoms with E-state index in [1.54, 1.807) is 17.7 Å². The Bertz CT molecular complexity index is 1160. The van der Waals surface area contributed by atoms with Crippen LogP contribution in [0.5, 0.6) is 0 Å². The fourth-order valence-corrected chi connectivity index (χ4v) is 4.98. The summed E-state index contributed by atoms with van der Waals surface area (Å²) in [5, 5.41) is 6.80. The van der Waals surface area contributed by atoms with Crippen molar-refractivity contribution in [2.75, 3.05) is 43.4 Å². The highest BCUT2D eigenvalue weighted by molar-refractivity contribution is 7.17. The summed E-state index contributed by atoms with van der Waals surface area (Å²) < 4.78 is 0. The SMILES string of the molecule is CCc1ccc(-c2csc3ncnc(Nc4ccc(N5CCN(C)CC5)cc4)c23)cc1. The number of rotatable bonds is 5. The van der Waals surface area contributed by atoms with Gasteiger partial charge in [0, 0.05) is 48.5 Å². The van der Waals surface area contributed by atoms with Crippen LogP contribution >= 0.6 is 11.3 Å². The molecular weight excluding hydrogens is 402 g/mol. The van der Waals surface area contributed by atoms with E-state index in [0.29, 0.717) is 0 Å². The van der Waals surface area contributed by atoms with Gasteiger partial charge in [0.2, 0.25) is 0 Å². The number of benzene rings is 2. The Labute approximate surface area is 187 Å². The number of nitrogens with zero attached hydrogens (tertiary/aromatic N) is 4. The zero-order valence-electron chi connectivity index (χ0n) is 18.0. The molecule has 5 rings (SSSR count). The van der Waals surface area contributed by atoms with Crippen molar-refractivity contribution in [3.05, 3.63) is 65.8 Å². The van der Waals surface area contributed by atoms with Crippen molar-refractivity contribution >= 4 is 38.7 Å². The molecule has 6 heteroatoms. The third kappa shape index (κ3) is 4.13. The maximum Gasteiger partial charge on any atom is 0.143 e.